The van der Waals surface area contributed by atoms with E-state index in [1.165, 1.54) is 6.33 Å². The van der Waals surface area contributed by atoms with Gasteiger partial charge in [0.05, 0.1) is 37.8 Å². The van der Waals surface area contributed by atoms with Gasteiger partial charge >= 0.3 is 0 Å². The van der Waals surface area contributed by atoms with Crippen molar-refractivity contribution in [1.82, 2.24) is 9.97 Å². The molecule has 0 unspecified atom stereocenters. The average Bonchev–Trinajstić information content (AvgIpc) is 2.75. The normalized spacial score (nSPS) is 17.6. The Labute approximate surface area is 158 Å². The number of hydrogen-bond donors (Lipinski definition) is 1. The Balaban J connectivity index is 1.51. The molecule has 2 saturated heterocycles. The third-order valence-corrected chi connectivity index (χ3v) is 4.72. The Morgan fingerprint density at radius 3 is 2.33 bits per heavy atom. The van der Waals surface area contributed by atoms with Gasteiger partial charge in [-0.25, -0.2) is 9.97 Å². The molecule has 1 N–H and O–H groups in total. The second kappa shape index (κ2) is 8.32. The maximum atomic E-state index is 12.8. The highest BCUT2D eigenvalue weighted by atomic mass is 16.5. The molecule has 0 spiro atoms. The molecule has 3 heterocycles. The summed E-state index contributed by atoms with van der Waals surface area (Å²) in [5.41, 5.74) is 2.12. The maximum Gasteiger partial charge on any atom is 0.274 e. The summed E-state index contributed by atoms with van der Waals surface area (Å²) < 4.78 is 10.8. The van der Waals surface area contributed by atoms with Crippen molar-refractivity contribution in [2.45, 2.75) is 0 Å². The summed E-state index contributed by atoms with van der Waals surface area (Å²) in [6.45, 7) is 5.85. The van der Waals surface area contributed by atoms with E-state index < -0.39 is 0 Å². The number of nitrogens with zero attached hydrogens (tertiary/aromatic N) is 4. The number of hydrogen-bond acceptors (Lipinski definition) is 7. The highest BCUT2D eigenvalue weighted by Crippen LogP contribution is 2.27. The summed E-state index contributed by atoms with van der Waals surface area (Å²) in [4.78, 5) is 25.6. The van der Waals surface area contributed by atoms with Gasteiger partial charge in [0.25, 0.3) is 5.91 Å². The van der Waals surface area contributed by atoms with E-state index in [9.17, 15) is 4.79 Å². The van der Waals surface area contributed by atoms with E-state index in [0.29, 0.717) is 32.1 Å². The van der Waals surface area contributed by atoms with Gasteiger partial charge in [-0.15, -0.1) is 0 Å². The molecule has 0 atom stereocenters. The number of ether oxygens (including phenoxy) is 2. The summed E-state index contributed by atoms with van der Waals surface area (Å²) in [5.74, 6) is 0.507. The van der Waals surface area contributed by atoms with Crippen LogP contribution in [0.1, 0.15) is 10.5 Å². The van der Waals surface area contributed by atoms with Gasteiger partial charge in [-0.2, -0.15) is 0 Å². The molecule has 1 aromatic heterocycles. The third kappa shape index (κ3) is 4.17. The molecule has 0 saturated carbocycles. The number of rotatable bonds is 4. The van der Waals surface area contributed by atoms with Crippen LogP contribution in [0.2, 0.25) is 0 Å². The number of morpholine rings is 2. The fourth-order valence-electron chi connectivity index (χ4n) is 3.28. The number of aromatic nitrogens is 2. The summed E-state index contributed by atoms with van der Waals surface area (Å²) in [5, 5.41) is 3.00. The van der Waals surface area contributed by atoms with Crippen LogP contribution in [-0.2, 0) is 9.47 Å². The van der Waals surface area contributed by atoms with Crippen LogP contribution in [0.15, 0.2) is 36.7 Å². The molecule has 8 heteroatoms. The molecule has 0 radical (unpaired) electrons. The van der Waals surface area contributed by atoms with Crippen molar-refractivity contribution in [2.24, 2.45) is 0 Å². The van der Waals surface area contributed by atoms with E-state index in [0.717, 1.165) is 43.4 Å². The van der Waals surface area contributed by atoms with Crippen LogP contribution in [0.4, 0.5) is 17.2 Å². The van der Waals surface area contributed by atoms with Crippen molar-refractivity contribution < 1.29 is 14.3 Å². The number of amides is 1. The van der Waals surface area contributed by atoms with E-state index in [1.54, 1.807) is 6.07 Å². The molecule has 0 bridgehead atoms. The second-order valence-electron chi connectivity index (χ2n) is 6.43. The number of nitrogens with one attached hydrogen (secondary N) is 1. The standard InChI is InChI=1S/C19H23N5O3/c25-19(16-13-18(21-14-20-16)24-7-11-27-12-8-24)22-15-3-1-2-4-17(15)23-5-9-26-10-6-23/h1-4,13-14H,5-12H2,(H,22,25). The van der Waals surface area contributed by atoms with Gasteiger partial charge in [0.1, 0.15) is 17.8 Å². The second-order valence-corrected chi connectivity index (χ2v) is 6.43. The van der Waals surface area contributed by atoms with Crippen LogP contribution >= 0.6 is 0 Å². The minimum absolute atomic E-state index is 0.243. The highest BCUT2D eigenvalue weighted by Gasteiger charge is 2.18. The third-order valence-electron chi connectivity index (χ3n) is 4.72. The summed E-state index contributed by atoms with van der Waals surface area (Å²) >= 11 is 0. The molecule has 1 aromatic carbocycles. The van der Waals surface area contributed by atoms with Gasteiger partial charge in [0, 0.05) is 32.2 Å². The fraction of sp³-hybridized carbons (Fsp3) is 0.421. The van der Waals surface area contributed by atoms with Gasteiger partial charge in [-0.05, 0) is 12.1 Å². The predicted molar refractivity (Wildman–Crippen MR) is 102 cm³/mol. The number of anilines is 3. The van der Waals surface area contributed by atoms with Gasteiger partial charge in [0.15, 0.2) is 0 Å². The van der Waals surface area contributed by atoms with Crippen molar-refractivity contribution in [3.63, 3.8) is 0 Å². The van der Waals surface area contributed by atoms with E-state index >= 15 is 0 Å². The van der Waals surface area contributed by atoms with E-state index in [-0.39, 0.29) is 5.91 Å². The first-order valence-electron chi connectivity index (χ1n) is 9.19. The summed E-state index contributed by atoms with van der Waals surface area (Å²) in [6, 6.07) is 9.55. The molecule has 2 aliphatic heterocycles. The Bertz CT molecular complexity index is 788. The lowest BCUT2D eigenvalue weighted by molar-refractivity contribution is 0.102. The van der Waals surface area contributed by atoms with Crippen molar-refractivity contribution in [3.8, 4) is 0 Å². The Morgan fingerprint density at radius 1 is 0.926 bits per heavy atom. The molecule has 1 amide bonds. The van der Waals surface area contributed by atoms with Crippen LogP contribution in [0.25, 0.3) is 0 Å². The zero-order valence-corrected chi connectivity index (χ0v) is 15.1. The number of para-hydroxylation sites is 2. The van der Waals surface area contributed by atoms with E-state index in [2.05, 4.69) is 25.1 Å². The van der Waals surface area contributed by atoms with Crippen molar-refractivity contribution in [3.05, 3.63) is 42.4 Å². The van der Waals surface area contributed by atoms with E-state index in [4.69, 9.17) is 9.47 Å². The summed E-state index contributed by atoms with van der Waals surface area (Å²) in [6.07, 6.45) is 1.44. The first kappa shape index (κ1) is 17.7. The molecule has 142 valence electrons. The largest absolute Gasteiger partial charge is 0.378 e. The molecular weight excluding hydrogens is 346 g/mol. The lowest BCUT2D eigenvalue weighted by Gasteiger charge is -2.30. The average molecular weight is 369 g/mol. The molecule has 8 nitrogen and oxygen atoms in total. The smallest absolute Gasteiger partial charge is 0.274 e. The van der Waals surface area contributed by atoms with Gasteiger partial charge < -0.3 is 24.6 Å². The van der Waals surface area contributed by atoms with Crippen LogP contribution in [-0.4, -0.2) is 68.5 Å². The molecule has 4 rings (SSSR count). The van der Waals surface area contributed by atoms with Gasteiger partial charge in [-0.1, -0.05) is 12.1 Å². The van der Waals surface area contributed by atoms with Crippen molar-refractivity contribution >= 4 is 23.1 Å². The lowest BCUT2D eigenvalue weighted by atomic mass is 10.2. The van der Waals surface area contributed by atoms with Crippen LogP contribution in [0, 0.1) is 0 Å². The monoisotopic (exact) mass is 369 g/mol. The highest BCUT2D eigenvalue weighted by molar-refractivity contribution is 6.05. The SMILES string of the molecule is O=C(Nc1ccccc1N1CCOCC1)c1cc(N2CCOCC2)ncn1. The predicted octanol–water partition coefficient (Wildman–Crippen LogP) is 1.40. The first-order chi connectivity index (χ1) is 13.3. The zero-order valence-electron chi connectivity index (χ0n) is 15.1. The molecule has 2 fully saturated rings. The van der Waals surface area contributed by atoms with Crippen LogP contribution < -0.4 is 15.1 Å². The number of carbonyl (C=O) groups is 1. The fourth-order valence-corrected chi connectivity index (χ4v) is 3.28. The zero-order chi connectivity index (χ0) is 18.5. The van der Waals surface area contributed by atoms with Crippen molar-refractivity contribution in [1.29, 1.82) is 0 Å². The number of benzene rings is 1. The minimum atomic E-state index is -0.243. The molecule has 2 aromatic rings. The number of carbonyl (C=O) groups excluding carboxylic acids is 1. The van der Waals surface area contributed by atoms with Crippen LogP contribution in [0.5, 0.6) is 0 Å². The topological polar surface area (TPSA) is 79.8 Å². The maximum absolute atomic E-state index is 12.8. The molecule has 27 heavy (non-hydrogen) atoms. The Kier molecular flexibility index (Phi) is 5.45. The molecule has 2 aliphatic rings. The van der Waals surface area contributed by atoms with Crippen molar-refractivity contribution in [2.75, 3.05) is 67.7 Å². The van der Waals surface area contributed by atoms with Gasteiger partial charge in [0.2, 0.25) is 0 Å². The molecular formula is C19H23N5O3. The quantitative estimate of drug-likeness (QED) is 0.873. The molecule has 0 aliphatic carbocycles. The lowest BCUT2D eigenvalue weighted by Crippen LogP contribution is -2.37. The first-order valence-corrected chi connectivity index (χ1v) is 9.19. The minimum Gasteiger partial charge on any atom is -0.378 e. The van der Waals surface area contributed by atoms with Gasteiger partial charge in [-0.3, -0.25) is 4.79 Å². The van der Waals surface area contributed by atoms with E-state index in [1.807, 2.05) is 24.3 Å². The summed E-state index contributed by atoms with van der Waals surface area (Å²) in [7, 11) is 0. The Morgan fingerprint density at radius 2 is 1.59 bits per heavy atom. The van der Waals surface area contributed by atoms with Crippen LogP contribution in [0.3, 0.4) is 0 Å². The Hall–Kier alpha value is -2.71.